The van der Waals surface area contributed by atoms with Crippen molar-refractivity contribution in [1.29, 1.82) is 0 Å². The SMILES string of the molecule is CCN(CC)c1ccc(NC2=C(c3cccs3)C(=O)N(c3cc(Cl)ccc3C)C2=O)cc1. The van der Waals surface area contributed by atoms with Gasteiger partial charge in [-0.05, 0) is 74.2 Å². The Morgan fingerprint density at radius 1 is 1.00 bits per heavy atom. The largest absolute Gasteiger partial charge is 0.372 e. The maximum Gasteiger partial charge on any atom is 0.282 e. The fourth-order valence-corrected chi connectivity index (χ4v) is 4.76. The molecule has 2 amide bonds. The fraction of sp³-hybridized carbons (Fsp3) is 0.200. The lowest BCUT2D eigenvalue weighted by molar-refractivity contribution is -0.120. The van der Waals surface area contributed by atoms with Crippen LogP contribution in [0, 0.1) is 6.92 Å². The van der Waals surface area contributed by atoms with Crippen LogP contribution < -0.4 is 15.1 Å². The molecule has 1 aliphatic heterocycles. The van der Waals surface area contributed by atoms with Crippen molar-refractivity contribution in [1.82, 2.24) is 0 Å². The lowest BCUT2D eigenvalue weighted by atomic mass is 10.1. The zero-order valence-electron chi connectivity index (χ0n) is 18.2. The smallest absolute Gasteiger partial charge is 0.282 e. The van der Waals surface area contributed by atoms with Crippen LogP contribution in [0.2, 0.25) is 5.02 Å². The molecule has 164 valence electrons. The number of benzene rings is 2. The van der Waals surface area contributed by atoms with Crippen LogP contribution in [0.4, 0.5) is 17.1 Å². The van der Waals surface area contributed by atoms with E-state index >= 15 is 0 Å². The van der Waals surface area contributed by atoms with Gasteiger partial charge in [-0.3, -0.25) is 9.59 Å². The highest BCUT2D eigenvalue weighted by molar-refractivity contribution is 7.11. The minimum atomic E-state index is -0.392. The number of nitrogens with one attached hydrogen (secondary N) is 1. The first-order valence-corrected chi connectivity index (χ1v) is 11.8. The Bertz CT molecular complexity index is 1180. The van der Waals surface area contributed by atoms with E-state index in [1.165, 1.54) is 16.2 Å². The lowest BCUT2D eigenvalue weighted by Gasteiger charge is -2.21. The Balaban J connectivity index is 1.73. The molecule has 0 saturated heterocycles. The number of carbonyl (C=O) groups is 2. The topological polar surface area (TPSA) is 52.7 Å². The van der Waals surface area contributed by atoms with E-state index in [1.54, 1.807) is 18.2 Å². The average molecular weight is 466 g/mol. The zero-order valence-corrected chi connectivity index (χ0v) is 19.8. The molecular weight excluding hydrogens is 442 g/mol. The average Bonchev–Trinajstić information content (AvgIpc) is 3.39. The summed E-state index contributed by atoms with van der Waals surface area (Å²) in [6, 6.07) is 16.8. The highest BCUT2D eigenvalue weighted by atomic mass is 35.5. The van der Waals surface area contributed by atoms with Crippen molar-refractivity contribution < 1.29 is 9.59 Å². The number of hydrogen-bond donors (Lipinski definition) is 1. The normalized spacial score (nSPS) is 13.8. The molecule has 4 rings (SSSR count). The van der Waals surface area contributed by atoms with E-state index in [0.29, 0.717) is 16.3 Å². The maximum absolute atomic E-state index is 13.5. The van der Waals surface area contributed by atoms with Gasteiger partial charge < -0.3 is 10.2 Å². The van der Waals surface area contributed by atoms with Gasteiger partial charge in [-0.15, -0.1) is 11.3 Å². The van der Waals surface area contributed by atoms with Crippen LogP contribution in [0.25, 0.3) is 5.57 Å². The summed E-state index contributed by atoms with van der Waals surface area (Å²) in [5, 5.41) is 5.58. The van der Waals surface area contributed by atoms with Crippen molar-refractivity contribution >= 4 is 57.4 Å². The maximum atomic E-state index is 13.5. The van der Waals surface area contributed by atoms with Gasteiger partial charge >= 0.3 is 0 Å². The van der Waals surface area contributed by atoms with Gasteiger partial charge in [-0.25, -0.2) is 4.90 Å². The van der Waals surface area contributed by atoms with Crippen LogP contribution in [0.15, 0.2) is 65.7 Å². The Hall–Kier alpha value is -3.09. The summed E-state index contributed by atoms with van der Waals surface area (Å²) in [4.78, 5) is 31.2. The summed E-state index contributed by atoms with van der Waals surface area (Å²) < 4.78 is 0. The number of hydrogen-bond acceptors (Lipinski definition) is 5. The Labute approximate surface area is 196 Å². The third-order valence-corrected chi connectivity index (χ3v) is 6.65. The Kier molecular flexibility index (Phi) is 6.35. The highest BCUT2D eigenvalue weighted by Gasteiger charge is 2.41. The molecule has 7 heteroatoms. The van der Waals surface area contributed by atoms with Gasteiger partial charge in [0, 0.05) is 34.4 Å². The van der Waals surface area contributed by atoms with Crippen molar-refractivity contribution in [2.75, 3.05) is 28.2 Å². The van der Waals surface area contributed by atoms with Gasteiger partial charge in [0.15, 0.2) is 0 Å². The number of carbonyl (C=O) groups excluding carboxylic acids is 2. The van der Waals surface area contributed by atoms with Crippen molar-refractivity contribution in [2.45, 2.75) is 20.8 Å². The van der Waals surface area contributed by atoms with Crippen LogP contribution in [-0.4, -0.2) is 24.9 Å². The van der Waals surface area contributed by atoms with Gasteiger partial charge in [0.2, 0.25) is 0 Å². The molecule has 0 bridgehead atoms. The summed E-state index contributed by atoms with van der Waals surface area (Å²) in [5.74, 6) is -0.748. The molecule has 0 atom stereocenters. The second kappa shape index (κ2) is 9.18. The number of aryl methyl sites for hydroxylation is 1. The number of nitrogens with zero attached hydrogens (tertiary/aromatic N) is 2. The number of amides is 2. The van der Waals surface area contributed by atoms with Gasteiger partial charge in [0.05, 0.1) is 11.3 Å². The molecule has 2 heterocycles. The molecule has 0 radical (unpaired) electrons. The quantitative estimate of drug-likeness (QED) is 0.438. The van der Waals surface area contributed by atoms with Gasteiger partial charge in [-0.2, -0.15) is 0 Å². The van der Waals surface area contributed by atoms with E-state index in [4.69, 9.17) is 11.6 Å². The first-order chi connectivity index (χ1) is 15.4. The van der Waals surface area contributed by atoms with Crippen LogP contribution in [0.1, 0.15) is 24.3 Å². The van der Waals surface area contributed by atoms with E-state index in [2.05, 4.69) is 24.1 Å². The van der Waals surface area contributed by atoms with Gasteiger partial charge in [-0.1, -0.05) is 23.7 Å². The van der Waals surface area contributed by atoms with Crippen molar-refractivity contribution in [3.63, 3.8) is 0 Å². The molecule has 0 saturated carbocycles. The first-order valence-electron chi connectivity index (χ1n) is 10.5. The summed E-state index contributed by atoms with van der Waals surface area (Å²) in [6.45, 7) is 7.91. The summed E-state index contributed by atoms with van der Waals surface area (Å²) in [5.41, 5.74) is 3.79. The first kappa shape index (κ1) is 22.1. The molecule has 3 aromatic rings. The van der Waals surface area contributed by atoms with Crippen molar-refractivity contribution in [3.8, 4) is 0 Å². The monoisotopic (exact) mass is 465 g/mol. The fourth-order valence-electron chi connectivity index (χ4n) is 3.83. The van der Waals surface area contributed by atoms with E-state index in [1.807, 2.05) is 48.7 Å². The molecule has 0 spiro atoms. The van der Waals surface area contributed by atoms with E-state index < -0.39 is 5.91 Å². The van der Waals surface area contributed by atoms with Crippen LogP contribution >= 0.6 is 22.9 Å². The van der Waals surface area contributed by atoms with E-state index in [-0.39, 0.29) is 11.6 Å². The zero-order chi connectivity index (χ0) is 22.8. The molecule has 5 nitrogen and oxygen atoms in total. The lowest BCUT2D eigenvalue weighted by Crippen LogP contribution is -2.33. The molecule has 0 fully saturated rings. The highest BCUT2D eigenvalue weighted by Crippen LogP contribution is 2.37. The Morgan fingerprint density at radius 2 is 1.72 bits per heavy atom. The molecule has 2 aromatic carbocycles. The molecule has 32 heavy (non-hydrogen) atoms. The van der Waals surface area contributed by atoms with Gasteiger partial charge in [0.25, 0.3) is 11.8 Å². The standard InChI is InChI=1S/C25H24ClN3O2S/c1-4-28(5-2)19-12-10-18(11-13-19)27-23-22(21-7-6-14-32-21)24(30)29(25(23)31)20-15-17(26)9-8-16(20)3/h6-15,27H,4-5H2,1-3H3. The van der Waals surface area contributed by atoms with Gasteiger partial charge in [0.1, 0.15) is 5.70 Å². The van der Waals surface area contributed by atoms with Crippen molar-refractivity contribution in [2.24, 2.45) is 0 Å². The number of thiophene rings is 1. The van der Waals surface area contributed by atoms with Crippen LogP contribution in [-0.2, 0) is 9.59 Å². The molecule has 1 aromatic heterocycles. The predicted octanol–water partition coefficient (Wildman–Crippen LogP) is 5.95. The van der Waals surface area contributed by atoms with E-state index in [9.17, 15) is 9.59 Å². The van der Waals surface area contributed by atoms with E-state index in [0.717, 1.165) is 34.9 Å². The number of imide groups is 1. The Morgan fingerprint density at radius 3 is 2.34 bits per heavy atom. The second-order valence-corrected chi connectivity index (χ2v) is 8.83. The summed E-state index contributed by atoms with van der Waals surface area (Å²) in [6.07, 6.45) is 0. The van der Waals surface area contributed by atoms with Crippen molar-refractivity contribution in [3.05, 3.63) is 81.1 Å². The third-order valence-electron chi connectivity index (χ3n) is 5.53. The van der Waals surface area contributed by atoms with Crippen LogP contribution in [0.3, 0.4) is 0 Å². The second-order valence-electron chi connectivity index (χ2n) is 7.45. The molecule has 1 N–H and O–H groups in total. The predicted molar refractivity (Wildman–Crippen MR) is 134 cm³/mol. The molecule has 1 aliphatic rings. The molecular formula is C25H24ClN3O2S. The number of halogens is 1. The van der Waals surface area contributed by atoms with Crippen LogP contribution in [0.5, 0.6) is 0 Å². The summed E-state index contributed by atoms with van der Waals surface area (Å²) >= 11 is 7.60. The summed E-state index contributed by atoms with van der Waals surface area (Å²) in [7, 11) is 0. The molecule has 0 aliphatic carbocycles. The minimum absolute atomic E-state index is 0.271. The number of anilines is 3. The minimum Gasteiger partial charge on any atom is -0.372 e. The third kappa shape index (κ3) is 4.04. The molecule has 0 unspecified atom stereocenters. The number of rotatable bonds is 7.